The first kappa shape index (κ1) is 15.6. The number of aromatic hydroxyl groups is 1. The second-order valence-electron chi connectivity index (χ2n) is 7.53. The molecule has 25 heavy (non-hydrogen) atoms. The number of nitrogens with two attached hydrogens (primary N) is 1. The Kier molecular flexibility index (Phi) is 3.16. The van der Waals surface area contributed by atoms with Gasteiger partial charge in [0.2, 0.25) is 0 Å². The van der Waals surface area contributed by atoms with Gasteiger partial charge in [-0.2, -0.15) is 0 Å². The van der Waals surface area contributed by atoms with E-state index in [0.717, 1.165) is 23.2 Å². The minimum absolute atomic E-state index is 0.0419. The van der Waals surface area contributed by atoms with Crippen LogP contribution in [0.2, 0.25) is 0 Å². The van der Waals surface area contributed by atoms with E-state index in [1.54, 1.807) is 12.1 Å². The van der Waals surface area contributed by atoms with E-state index in [0.29, 0.717) is 28.8 Å². The third-order valence-corrected chi connectivity index (χ3v) is 4.91. The second-order valence-corrected chi connectivity index (χ2v) is 7.53. The molecule has 0 saturated carbocycles. The Morgan fingerprint density at radius 2 is 2.00 bits per heavy atom. The smallest absolute Gasteiger partial charge is 0.166 e. The minimum Gasteiger partial charge on any atom is -0.504 e. The first-order valence-electron chi connectivity index (χ1n) is 8.25. The van der Waals surface area contributed by atoms with Crippen LogP contribution in [0.15, 0.2) is 24.7 Å². The van der Waals surface area contributed by atoms with Gasteiger partial charge in [0.1, 0.15) is 17.7 Å². The van der Waals surface area contributed by atoms with Crippen molar-refractivity contribution in [2.45, 2.75) is 33.6 Å². The second kappa shape index (κ2) is 5.05. The molecule has 1 aromatic carbocycles. The van der Waals surface area contributed by atoms with Gasteiger partial charge in [0.15, 0.2) is 11.5 Å². The van der Waals surface area contributed by atoms with Crippen molar-refractivity contribution in [3.8, 4) is 11.4 Å². The summed E-state index contributed by atoms with van der Waals surface area (Å²) in [7, 11) is 0. The summed E-state index contributed by atoms with van der Waals surface area (Å²) in [5, 5.41) is 11.4. The lowest BCUT2D eigenvalue weighted by Crippen LogP contribution is -2.28. The predicted octanol–water partition coefficient (Wildman–Crippen LogP) is 3.17. The molecule has 2 aromatic heterocycles. The van der Waals surface area contributed by atoms with Gasteiger partial charge in [0.25, 0.3) is 0 Å². The zero-order valence-electron chi connectivity index (χ0n) is 14.5. The highest BCUT2D eigenvalue weighted by atomic mass is 16.3. The van der Waals surface area contributed by atoms with E-state index in [-0.39, 0.29) is 16.9 Å². The number of nitrogens with zero attached hydrogens (tertiary/aromatic N) is 3. The van der Waals surface area contributed by atoms with Crippen LogP contribution in [0.25, 0.3) is 16.6 Å². The first-order chi connectivity index (χ1) is 11.8. The molecule has 1 aliphatic carbocycles. The van der Waals surface area contributed by atoms with Crippen molar-refractivity contribution >= 4 is 22.5 Å². The summed E-state index contributed by atoms with van der Waals surface area (Å²) in [6.07, 6.45) is 4.56. The number of phenols is 1. The van der Waals surface area contributed by atoms with Crippen molar-refractivity contribution in [1.29, 1.82) is 0 Å². The van der Waals surface area contributed by atoms with Gasteiger partial charge in [-0.3, -0.25) is 4.79 Å². The maximum atomic E-state index is 12.6. The minimum atomic E-state index is -0.105. The molecule has 3 N–H and O–H groups in total. The quantitative estimate of drug-likeness (QED) is 0.712. The number of ketones is 1. The van der Waals surface area contributed by atoms with Crippen molar-refractivity contribution in [3.63, 3.8) is 0 Å². The fourth-order valence-electron chi connectivity index (χ4n) is 3.81. The molecular formula is C19H20N4O2. The monoisotopic (exact) mass is 336 g/mol. The maximum Gasteiger partial charge on any atom is 0.166 e. The Hall–Kier alpha value is -2.89. The van der Waals surface area contributed by atoms with Crippen molar-refractivity contribution in [3.05, 3.63) is 41.5 Å². The Morgan fingerprint density at radius 3 is 2.76 bits per heavy atom. The highest BCUT2D eigenvalue weighted by Crippen LogP contribution is 2.40. The number of fused-ring (bicyclic) bond motifs is 2. The van der Waals surface area contributed by atoms with Crippen LogP contribution in [0.4, 0.5) is 5.82 Å². The van der Waals surface area contributed by atoms with Gasteiger partial charge in [0.05, 0.1) is 5.69 Å². The molecule has 0 fully saturated rings. The van der Waals surface area contributed by atoms with E-state index < -0.39 is 0 Å². The third kappa shape index (κ3) is 2.28. The maximum absolute atomic E-state index is 12.6. The highest BCUT2D eigenvalue weighted by molar-refractivity contribution is 6.01. The number of hydrogen-bond acceptors (Lipinski definition) is 5. The standard InChI is InChI=1S/C19H20N4O2/c1-10-8-23(13-6-19(2,3)7-14(24)15(10)13)12-5-4-11-16(17(12)25)21-9-22-18(11)20/h4-5,8-9,25H,6-7H2,1-3H3,(H2,20,21,22). The number of aryl methyl sites for hydroxylation is 1. The number of Topliss-reactive ketones (excluding diaryl/α,β-unsaturated/α-hetero) is 1. The number of carbonyl (C=O) groups excluding carboxylic acids is 1. The molecule has 128 valence electrons. The van der Waals surface area contributed by atoms with Gasteiger partial charge in [0, 0.05) is 29.3 Å². The van der Waals surface area contributed by atoms with Gasteiger partial charge in [-0.05, 0) is 36.5 Å². The first-order valence-corrected chi connectivity index (χ1v) is 8.25. The lowest BCUT2D eigenvalue weighted by atomic mass is 9.75. The Bertz CT molecular complexity index is 1030. The van der Waals surface area contributed by atoms with Crippen LogP contribution in [0, 0.1) is 12.3 Å². The van der Waals surface area contributed by atoms with Crippen molar-refractivity contribution in [2.24, 2.45) is 5.41 Å². The number of carbonyl (C=O) groups is 1. The zero-order valence-corrected chi connectivity index (χ0v) is 14.5. The molecule has 1 aliphatic rings. The summed E-state index contributed by atoms with van der Waals surface area (Å²) >= 11 is 0. The predicted molar refractivity (Wildman–Crippen MR) is 96.1 cm³/mol. The molecule has 0 aliphatic heterocycles. The number of hydrogen-bond donors (Lipinski definition) is 2. The molecule has 4 rings (SSSR count). The molecule has 0 atom stereocenters. The van der Waals surface area contributed by atoms with E-state index in [4.69, 9.17) is 5.73 Å². The van der Waals surface area contributed by atoms with Crippen molar-refractivity contribution in [2.75, 3.05) is 5.73 Å². The van der Waals surface area contributed by atoms with Crippen LogP contribution in [-0.4, -0.2) is 25.4 Å². The number of aromatic nitrogens is 3. The fourth-order valence-corrected chi connectivity index (χ4v) is 3.81. The number of rotatable bonds is 1. The molecule has 6 heteroatoms. The Morgan fingerprint density at radius 1 is 1.24 bits per heavy atom. The number of nitrogen functional groups attached to an aromatic ring is 1. The van der Waals surface area contributed by atoms with E-state index in [1.807, 2.05) is 17.7 Å². The van der Waals surface area contributed by atoms with Gasteiger partial charge in [-0.25, -0.2) is 9.97 Å². The summed E-state index contributed by atoms with van der Waals surface area (Å²) in [5.41, 5.74) is 9.42. The zero-order chi connectivity index (χ0) is 17.9. The van der Waals surface area contributed by atoms with Gasteiger partial charge in [-0.1, -0.05) is 13.8 Å². The average Bonchev–Trinajstić information content (AvgIpc) is 2.84. The largest absolute Gasteiger partial charge is 0.504 e. The van der Waals surface area contributed by atoms with Gasteiger partial charge < -0.3 is 15.4 Å². The van der Waals surface area contributed by atoms with Gasteiger partial charge >= 0.3 is 0 Å². The molecular weight excluding hydrogens is 316 g/mol. The van der Waals surface area contributed by atoms with E-state index in [1.165, 1.54) is 6.33 Å². The Labute approximate surface area is 145 Å². The van der Waals surface area contributed by atoms with Crippen LogP contribution in [0.3, 0.4) is 0 Å². The van der Waals surface area contributed by atoms with Crippen molar-refractivity contribution in [1.82, 2.24) is 14.5 Å². The summed E-state index contributed by atoms with van der Waals surface area (Å²) in [6.45, 7) is 6.12. The number of anilines is 1. The molecule has 2 heterocycles. The third-order valence-electron chi connectivity index (χ3n) is 4.91. The van der Waals surface area contributed by atoms with E-state index in [9.17, 15) is 9.90 Å². The summed E-state index contributed by atoms with van der Waals surface area (Å²) in [5.74, 6) is 0.531. The molecule has 0 bridgehead atoms. The van der Waals surface area contributed by atoms with Crippen LogP contribution in [0.5, 0.6) is 5.75 Å². The molecule has 0 saturated heterocycles. The lowest BCUT2D eigenvalue weighted by molar-refractivity contribution is 0.0910. The normalized spacial score (nSPS) is 16.2. The topological polar surface area (TPSA) is 94.0 Å². The summed E-state index contributed by atoms with van der Waals surface area (Å²) in [4.78, 5) is 20.7. The molecule has 0 unspecified atom stereocenters. The van der Waals surface area contributed by atoms with Crippen LogP contribution in [0.1, 0.15) is 41.9 Å². The molecule has 0 spiro atoms. The van der Waals surface area contributed by atoms with E-state index >= 15 is 0 Å². The number of benzene rings is 1. The molecule has 0 radical (unpaired) electrons. The Balaban J connectivity index is 1.98. The van der Waals surface area contributed by atoms with Crippen molar-refractivity contribution < 1.29 is 9.90 Å². The van der Waals surface area contributed by atoms with Crippen LogP contribution >= 0.6 is 0 Å². The average molecular weight is 336 g/mol. The highest BCUT2D eigenvalue weighted by Gasteiger charge is 2.35. The number of phenolic OH excluding ortho intramolecular Hbond substituents is 1. The summed E-state index contributed by atoms with van der Waals surface area (Å²) in [6, 6.07) is 3.60. The van der Waals surface area contributed by atoms with Crippen LogP contribution < -0.4 is 5.73 Å². The summed E-state index contributed by atoms with van der Waals surface area (Å²) < 4.78 is 1.91. The molecule has 0 amide bonds. The molecule has 6 nitrogen and oxygen atoms in total. The molecule has 3 aromatic rings. The van der Waals surface area contributed by atoms with Gasteiger partial charge in [-0.15, -0.1) is 0 Å². The fraction of sp³-hybridized carbons (Fsp3) is 0.316. The SMILES string of the molecule is Cc1cn(-c2ccc3c(N)ncnc3c2O)c2c1C(=O)CC(C)(C)C2. The lowest BCUT2D eigenvalue weighted by Gasteiger charge is -2.30. The van der Waals surface area contributed by atoms with E-state index in [2.05, 4.69) is 23.8 Å². The van der Waals surface area contributed by atoms with Crippen LogP contribution in [-0.2, 0) is 6.42 Å².